The van der Waals surface area contributed by atoms with Gasteiger partial charge in [-0.05, 0) is 42.5 Å². The Hall–Kier alpha value is -4.80. The lowest BCUT2D eigenvalue weighted by Gasteiger charge is -2.36. The number of methoxy groups -OCH3 is 2. The normalized spacial score (nSPS) is 13.0. The first-order valence-corrected chi connectivity index (χ1v) is 11.9. The van der Waals surface area contributed by atoms with E-state index in [1.54, 1.807) is 65.6 Å². The summed E-state index contributed by atoms with van der Waals surface area (Å²) in [6, 6.07) is 18.1. The summed E-state index contributed by atoms with van der Waals surface area (Å²) < 4.78 is 15.9. The van der Waals surface area contributed by atoms with Crippen LogP contribution in [0.25, 0.3) is 0 Å². The van der Waals surface area contributed by atoms with Crippen LogP contribution in [0.1, 0.15) is 10.4 Å². The fourth-order valence-electron chi connectivity index (χ4n) is 4.21. The van der Waals surface area contributed by atoms with Gasteiger partial charge in [0.25, 0.3) is 11.6 Å². The molecule has 0 atom stereocenters. The maximum atomic E-state index is 13.1. The van der Waals surface area contributed by atoms with Gasteiger partial charge < -0.3 is 24.0 Å². The Morgan fingerprint density at radius 1 is 0.895 bits per heavy atom. The number of nitro groups is 1. The molecule has 0 bridgehead atoms. The van der Waals surface area contributed by atoms with Crippen LogP contribution < -0.4 is 24.0 Å². The van der Waals surface area contributed by atoms with Gasteiger partial charge in [0, 0.05) is 50.5 Å². The van der Waals surface area contributed by atoms with E-state index in [1.807, 2.05) is 4.90 Å². The van der Waals surface area contributed by atoms with Crippen LogP contribution in [0.15, 0.2) is 66.7 Å². The third-order valence-corrected chi connectivity index (χ3v) is 6.30. The highest BCUT2D eigenvalue weighted by atomic mass is 16.6. The highest BCUT2D eigenvalue weighted by Gasteiger charge is 2.27. The molecule has 1 fully saturated rings. The maximum absolute atomic E-state index is 13.1. The topological polar surface area (TPSA) is 115 Å². The van der Waals surface area contributed by atoms with Crippen LogP contribution in [0.5, 0.6) is 17.2 Å². The van der Waals surface area contributed by atoms with E-state index in [-0.39, 0.29) is 17.3 Å². The van der Waals surface area contributed by atoms with Crippen LogP contribution in [-0.4, -0.2) is 69.3 Å². The molecule has 11 heteroatoms. The molecule has 1 aliphatic rings. The number of nitro benzene ring substituents is 1. The number of anilines is 2. The minimum Gasteiger partial charge on any atom is -0.493 e. The molecule has 2 amide bonds. The quantitative estimate of drug-likeness (QED) is 0.336. The number of rotatable bonds is 7. The Morgan fingerprint density at radius 2 is 1.58 bits per heavy atom. The van der Waals surface area contributed by atoms with E-state index in [1.165, 1.54) is 27.3 Å². The third-order valence-electron chi connectivity index (χ3n) is 6.30. The van der Waals surface area contributed by atoms with Crippen LogP contribution in [0.3, 0.4) is 0 Å². The number of carbonyl (C=O) groups excluding carboxylic acids is 2. The molecule has 3 aromatic rings. The Kier molecular flexibility index (Phi) is 7.95. The van der Waals surface area contributed by atoms with Crippen LogP contribution in [0.2, 0.25) is 0 Å². The van der Waals surface area contributed by atoms with Gasteiger partial charge in [0.2, 0.25) is 0 Å². The van der Waals surface area contributed by atoms with Gasteiger partial charge in [0.05, 0.1) is 19.1 Å². The molecule has 0 N–H and O–H groups in total. The monoisotopic (exact) mass is 520 g/mol. The van der Waals surface area contributed by atoms with E-state index < -0.39 is 11.0 Å². The van der Waals surface area contributed by atoms with Crippen molar-refractivity contribution >= 4 is 29.1 Å². The van der Waals surface area contributed by atoms with Gasteiger partial charge >= 0.3 is 6.09 Å². The summed E-state index contributed by atoms with van der Waals surface area (Å²) in [7, 11) is 4.48. The number of hydrogen-bond donors (Lipinski definition) is 0. The van der Waals surface area contributed by atoms with Gasteiger partial charge in [0.1, 0.15) is 11.4 Å². The smallest absolute Gasteiger partial charge is 0.419 e. The summed E-state index contributed by atoms with van der Waals surface area (Å²) in [5, 5.41) is 11.7. The molecule has 198 valence electrons. The highest BCUT2D eigenvalue weighted by molar-refractivity contribution is 5.95. The van der Waals surface area contributed by atoms with Crippen molar-refractivity contribution in [1.82, 2.24) is 4.90 Å². The summed E-state index contributed by atoms with van der Waals surface area (Å²) >= 11 is 0. The molecule has 0 saturated carbocycles. The van der Waals surface area contributed by atoms with Crippen LogP contribution in [0.4, 0.5) is 21.9 Å². The number of hydrogen-bond acceptors (Lipinski definition) is 8. The van der Waals surface area contributed by atoms with Gasteiger partial charge in [-0.3, -0.25) is 19.8 Å². The van der Waals surface area contributed by atoms with E-state index >= 15 is 0 Å². The summed E-state index contributed by atoms with van der Waals surface area (Å²) in [6.45, 7) is 1.92. The maximum Gasteiger partial charge on any atom is 0.419 e. The molecule has 4 rings (SSSR count). The molecular formula is C27H28N4O7. The molecule has 0 spiro atoms. The standard InChI is InChI=1S/C27H28N4O7/c1-28(27(33)38-21-7-5-4-6-8-21)23-18-20(10-11-22(23)31(34)35)29-13-15-30(16-14-29)26(32)19-9-12-24(36-2)25(17-19)37-3/h4-12,17-18H,13-16H2,1-3H3. The van der Waals surface area contributed by atoms with Crippen molar-refractivity contribution in [3.63, 3.8) is 0 Å². The second-order valence-electron chi connectivity index (χ2n) is 8.52. The number of carbonyl (C=O) groups is 2. The molecule has 0 aromatic heterocycles. The third kappa shape index (κ3) is 5.61. The lowest BCUT2D eigenvalue weighted by Crippen LogP contribution is -2.48. The summed E-state index contributed by atoms with van der Waals surface area (Å²) in [6.07, 6.45) is -0.748. The second kappa shape index (κ2) is 11.5. The van der Waals surface area contributed by atoms with Crippen LogP contribution in [-0.2, 0) is 0 Å². The number of ether oxygens (including phenoxy) is 3. The minimum absolute atomic E-state index is 0.109. The number of piperazine rings is 1. The zero-order valence-electron chi connectivity index (χ0n) is 21.3. The molecule has 0 aliphatic carbocycles. The van der Waals surface area contributed by atoms with Crippen molar-refractivity contribution in [2.45, 2.75) is 0 Å². The largest absolute Gasteiger partial charge is 0.493 e. The lowest BCUT2D eigenvalue weighted by atomic mass is 10.1. The second-order valence-corrected chi connectivity index (χ2v) is 8.52. The molecule has 1 aliphatic heterocycles. The van der Waals surface area contributed by atoms with E-state index in [4.69, 9.17) is 14.2 Å². The SMILES string of the molecule is COc1ccc(C(=O)N2CCN(c3ccc([N+](=O)[O-])c(N(C)C(=O)Oc4ccccc4)c3)CC2)cc1OC. The number of para-hydroxylation sites is 1. The number of nitrogens with zero attached hydrogens (tertiary/aromatic N) is 4. The number of amides is 2. The van der Waals surface area contributed by atoms with Gasteiger partial charge in [0.15, 0.2) is 11.5 Å². The highest BCUT2D eigenvalue weighted by Crippen LogP contribution is 2.33. The Bertz CT molecular complexity index is 1320. The Morgan fingerprint density at radius 3 is 2.21 bits per heavy atom. The molecule has 1 heterocycles. The predicted octanol–water partition coefficient (Wildman–Crippen LogP) is 4.21. The Labute approximate surface area is 219 Å². The van der Waals surface area contributed by atoms with Crippen molar-refractivity contribution in [1.29, 1.82) is 0 Å². The van der Waals surface area contributed by atoms with E-state index in [9.17, 15) is 19.7 Å². The summed E-state index contributed by atoms with van der Waals surface area (Å²) in [5.74, 6) is 1.22. The van der Waals surface area contributed by atoms with Crippen LogP contribution >= 0.6 is 0 Å². The molecule has 11 nitrogen and oxygen atoms in total. The van der Waals surface area contributed by atoms with Gasteiger partial charge in [-0.25, -0.2) is 4.79 Å². The van der Waals surface area contributed by atoms with E-state index in [0.29, 0.717) is 54.7 Å². The fourth-order valence-corrected chi connectivity index (χ4v) is 4.21. The molecule has 0 unspecified atom stereocenters. The molecule has 3 aromatic carbocycles. The molecular weight excluding hydrogens is 492 g/mol. The van der Waals surface area contributed by atoms with Gasteiger partial charge in [-0.1, -0.05) is 18.2 Å². The van der Waals surface area contributed by atoms with Crippen LogP contribution in [0, 0.1) is 10.1 Å². The first kappa shape index (κ1) is 26.3. The molecule has 1 saturated heterocycles. The lowest BCUT2D eigenvalue weighted by molar-refractivity contribution is -0.384. The summed E-state index contributed by atoms with van der Waals surface area (Å²) in [5.41, 5.74) is 1.08. The van der Waals surface area contributed by atoms with Crippen molar-refractivity contribution in [2.75, 3.05) is 57.2 Å². The first-order valence-electron chi connectivity index (χ1n) is 11.9. The van der Waals surface area contributed by atoms with Crippen molar-refractivity contribution in [2.24, 2.45) is 0 Å². The molecule has 38 heavy (non-hydrogen) atoms. The molecule has 0 radical (unpaired) electrons. The van der Waals surface area contributed by atoms with Gasteiger partial charge in [-0.2, -0.15) is 0 Å². The van der Waals surface area contributed by atoms with E-state index in [2.05, 4.69) is 0 Å². The predicted molar refractivity (Wildman–Crippen MR) is 142 cm³/mol. The van der Waals surface area contributed by atoms with Crippen molar-refractivity contribution in [3.05, 3.63) is 82.4 Å². The van der Waals surface area contributed by atoms with Crippen molar-refractivity contribution in [3.8, 4) is 17.2 Å². The minimum atomic E-state index is -0.748. The zero-order chi connectivity index (χ0) is 27.2. The Balaban J connectivity index is 1.48. The fraction of sp³-hybridized carbons (Fsp3) is 0.259. The average molecular weight is 521 g/mol. The number of benzene rings is 3. The van der Waals surface area contributed by atoms with E-state index in [0.717, 1.165) is 4.90 Å². The summed E-state index contributed by atoms with van der Waals surface area (Å²) in [4.78, 5) is 41.8. The van der Waals surface area contributed by atoms with Crippen molar-refractivity contribution < 1.29 is 28.7 Å². The first-order chi connectivity index (χ1) is 18.3. The van der Waals surface area contributed by atoms with Gasteiger partial charge in [-0.15, -0.1) is 0 Å². The average Bonchev–Trinajstić information content (AvgIpc) is 2.96. The zero-order valence-corrected chi connectivity index (χ0v) is 21.3.